The van der Waals surface area contributed by atoms with Gasteiger partial charge in [-0.25, -0.2) is 9.59 Å². The van der Waals surface area contributed by atoms with Crippen molar-refractivity contribution in [3.63, 3.8) is 0 Å². The smallest absolute Gasteiger partial charge is 0.341 e. The molecule has 0 aliphatic heterocycles. The number of hydrazone groups is 1. The Bertz CT molecular complexity index is 869. The van der Waals surface area contributed by atoms with Crippen molar-refractivity contribution in [2.45, 2.75) is 6.92 Å². The summed E-state index contributed by atoms with van der Waals surface area (Å²) in [4.78, 5) is 21.7. The fraction of sp³-hybridized carbons (Fsp3) is 0.167. The first-order chi connectivity index (χ1) is 12.9. The fourth-order valence-electron chi connectivity index (χ4n) is 2.07. The van der Waals surface area contributed by atoms with Crippen LogP contribution in [0.3, 0.4) is 0 Å². The van der Waals surface area contributed by atoms with Crippen LogP contribution in [0.15, 0.2) is 46.0 Å². The molecular weight excluding hydrogens is 420 g/mol. The maximum absolute atomic E-state index is 11.0. The molecule has 3 N–H and O–H groups in total. The van der Waals surface area contributed by atoms with Crippen molar-refractivity contribution in [3.8, 4) is 11.5 Å². The summed E-state index contributed by atoms with van der Waals surface area (Å²) in [5.74, 6) is -1.43. The van der Waals surface area contributed by atoms with E-state index in [0.29, 0.717) is 33.8 Å². The highest BCUT2D eigenvalue weighted by Crippen LogP contribution is 2.33. The number of nitrogens with one attached hydrogen (secondary N) is 1. The Morgan fingerprint density at radius 2 is 1.93 bits per heavy atom. The lowest BCUT2D eigenvalue weighted by Gasteiger charge is -2.12. The van der Waals surface area contributed by atoms with E-state index in [2.05, 4.69) is 26.5 Å². The number of benzene rings is 2. The largest absolute Gasteiger partial charge is 0.490 e. The van der Waals surface area contributed by atoms with Crippen LogP contribution in [0.1, 0.15) is 22.8 Å². The fourth-order valence-corrected chi connectivity index (χ4v) is 2.49. The van der Waals surface area contributed by atoms with Crippen LogP contribution in [-0.2, 0) is 4.79 Å². The monoisotopic (exact) mass is 436 g/mol. The van der Waals surface area contributed by atoms with Gasteiger partial charge >= 0.3 is 11.9 Å². The first-order valence-corrected chi connectivity index (χ1v) is 8.63. The molecule has 27 heavy (non-hydrogen) atoms. The summed E-state index contributed by atoms with van der Waals surface area (Å²) in [7, 11) is 0. The van der Waals surface area contributed by atoms with Crippen LogP contribution in [0, 0.1) is 0 Å². The van der Waals surface area contributed by atoms with E-state index in [0.717, 1.165) is 0 Å². The molecule has 0 bridgehead atoms. The molecule has 2 aromatic rings. The molecule has 0 atom stereocenters. The summed E-state index contributed by atoms with van der Waals surface area (Å²) >= 11 is 3.38. The molecule has 0 spiro atoms. The summed E-state index contributed by atoms with van der Waals surface area (Å²) in [5, 5.41) is 21.8. The molecule has 0 heterocycles. The van der Waals surface area contributed by atoms with Crippen molar-refractivity contribution < 1.29 is 29.3 Å². The molecule has 0 fully saturated rings. The van der Waals surface area contributed by atoms with E-state index in [4.69, 9.17) is 19.7 Å². The Labute approximate surface area is 163 Å². The van der Waals surface area contributed by atoms with E-state index in [1.165, 1.54) is 18.3 Å². The third-order valence-corrected chi connectivity index (χ3v) is 3.91. The quantitative estimate of drug-likeness (QED) is 0.406. The lowest BCUT2D eigenvalue weighted by Crippen LogP contribution is -2.10. The minimum atomic E-state index is -1.09. The molecule has 142 valence electrons. The van der Waals surface area contributed by atoms with Gasteiger partial charge in [0.25, 0.3) is 0 Å². The van der Waals surface area contributed by atoms with Gasteiger partial charge in [-0.15, -0.1) is 0 Å². The molecule has 2 rings (SSSR count). The number of hydrogen-bond donors (Lipinski definition) is 3. The second-order valence-electron chi connectivity index (χ2n) is 5.19. The van der Waals surface area contributed by atoms with Crippen molar-refractivity contribution in [1.82, 2.24) is 0 Å². The lowest BCUT2D eigenvalue weighted by atomic mass is 10.2. The average Bonchev–Trinajstić information content (AvgIpc) is 2.63. The second-order valence-corrected chi connectivity index (χ2v) is 6.05. The Morgan fingerprint density at radius 1 is 1.19 bits per heavy atom. The van der Waals surface area contributed by atoms with Crippen LogP contribution in [0.5, 0.6) is 11.5 Å². The lowest BCUT2D eigenvalue weighted by molar-refractivity contribution is -0.139. The summed E-state index contributed by atoms with van der Waals surface area (Å²) in [6, 6.07) is 9.50. The number of aliphatic carboxylic acids is 1. The summed E-state index contributed by atoms with van der Waals surface area (Å²) in [5.41, 5.74) is 4.08. The van der Waals surface area contributed by atoms with E-state index in [1.54, 1.807) is 31.2 Å². The van der Waals surface area contributed by atoms with Gasteiger partial charge in [0, 0.05) is 10.0 Å². The number of rotatable bonds is 9. The zero-order valence-electron chi connectivity index (χ0n) is 14.3. The van der Waals surface area contributed by atoms with E-state index in [9.17, 15) is 9.59 Å². The Balaban J connectivity index is 2.18. The predicted octanol–water partition coefficient (Wildman–Crippen LogP) is 3.46. The van der Waals surface area contributed by atoms with Gasteiger partial charge in [-0.2, -0.15) is 5.10 Å². The minimum absolute atomic E-state index is 0.148. The highest BCUT2D eigenvalue weighted by Gasteiger charge is 2.11. The first kappa shape index (κ1) is 20.2. The van der Waals surface area contributed by atoms with E-state index < -0.39 is 18.5 Å². The SMILES string of the molecule is CCOc1cc(C=NNc2cccc(C(=O)O)c2)c(Br)cc1OCC(=O)O. The van der Waals surface area contributed by atoms with E-state index >= 15 is 0 Å². The molecule has 2 aromatic carbocycles. The van der Waals surface area contributed by atoms with Crippen molar-refractivity contribution in [3.05, 3.63) is 52.0 Å². The first-order valence-electron chi connectivity index (χ1n) is 7.84. The Morgan fingerprint density at radius 3 is 2.59 bits per heavy atom. The van der Waals surface area contributed by atoms with Gasteiger partial charge in [-0.3, -0.25) is 5.43 Å². The third-order valence-electron chi connectivity index (χ3n) is 3.22. The summed E-state index contributed by atoms with van der Waals surface area (Å²) in [6.45, 7) is 1.69. The van der Waals surface area contributed by atoms with Crippen LogP contribution in [-0.4, -0.2) is 41.6 Å². The van der Waals surface area contributed by atoms with Crippen LogP contribution in [0.4, 0.5) is 5.69 Å². The molecule has 8 nitrogen and oxygen atoms in total. The van der Waals surface area contributed by atoms with Crippen molar-refractivity contribution in [2.24, 2.45) is 5.10 Å². The highest BCUT2D eigenvalue weighted by molar-refractivity contribution is 9.10. The predicted molar refractivity (Wildman–Crippen MR) is 103 cm³/mol. The summed E-state index contributed by atoms with van der Waals surface area (Å²) in [6.07, 6.45) is 1.51. The number of carbonyl (C=O) groups is 2. The second kappa shape index (κ2) is 9.58. The molecule has 0 saturated heterocycles. The Kier molecular flexibility index (Phi) is 7.18. The molecule has 9 heteroatoms. The maximum atomic E-state index is 11.0. The molecule has 0 aromatic heterocycles. The normalized spacial score (nSPS) is 10.6. The van der Waals surface area contributed by atoms with Crippen LogP contribution in [0.2, 0.25) is 0 Å². The third kappa shape index (κ3) is 6.00. The van der Waals surface area contributed by atoms with Crippen LogP contribution < -0.4 is 14.9 Å². The van der Waals surface area contributed by atoms with E-state index in [1.807, 2.05) is 0 Å². The van der Waals surface area contributed by atoms with Crippen LogP contribution in [0.25, 0.3) is 0 Å². The molecule has 0 aliphatic rings. The molecule has 0 aliphatic carbocycles. The number of anilines is 1. The number of halogens is 1. The van der Waals surface area contributed by atoms with Crippen molar-refractivity contribution in [1.29, 1.82) is 0 Å². The number of carboxylic acid groups (broad SMARTS) is 2. The van der Waals surface area contributed by atoms with E-state index in [-0.39, 0.29) is 5.56 Å². The highest BCUT2D eigenvalue weighted by atomic mass is 79.9. The number of hydrogen-bond acceptors (Lipinski definition) is 6. The minimum Gasteiger partial charge on any atom is -0.490 e. The van der Waals surface area contributed by atoms with Gasteiger partial charge < -0.3 is 19.7 Å². The number of aromatic carboxylic acids is 1. The Hall–Kier alpha value is -3.07. The average molecular weight is 437 g/mol. The summed E-state index contributed by atoms with van der Waals surface area (Å²) < 4.78 is 11.3. The van der Waals surface area contributed by atoms with Gasteiger partial charge in [0.15, 0.2) is 18.1 Å². The molecule has 0 radical (unpaired) electrons. The zero-order valence-corrected chi connectivity index (χ0v) is 15.9. The van der Waals surface area contributed by atoms with Crippen molar-refractivity contribution >= 4 is 39.8 Å². The van der Waals surface area contributed by atoms with Gasteiger partial charge in [0.05, 0.1) is 24.1 Å². The zero-order chi connectivity index (χ0) is 19.8. The molecule has 0 unspecified atom stereocenters. The number of ether oxygens (including phenoxy) is 2. The topological polar surface area (TPSA) is 117 Å². The van der Waals surface area contributed by atoms with Gasteiger partial charge in [-0.05, 0) is 53.2 Å². The van der Waals surface area contributed by atoms with Crippen molar-refractivity contribution in [2.75, 3.05) is 18.6 Å². The van der Waals surface area contributed by atoms with Crippen LogP contribution >= 0.6 is 15.9 Å². The number of carboxylic acids is 2. The molecule has 0 amide bonds. The maximum Gasteiger partial charge on any atom is 0.341 e. The van der Waals surface area contributed by atoms with Gasteiger partial charge in [-0.1, -0.05) is 6.07 Å². The molecular formula is C18H17BrN2O6. The molecule has 0 saturated carbocycles. The van der Waals surface area contributed by atoms with Gasteiger partial charge in [0.2, 0.25) is 0 Å². The number of nitrogens with zero attached hydrogens (tertiary/aromatic N) is 1. The standard InChI is InChI=1S/C18H17BrN2O6/c1-2-26-15-7-12(14(19)8-16(15)27-10-17(22)23)9-20-21-13-5-3-4-11(6-13)18(24)25/h3-9,21H,2,10H2,1H3,(H,22,23)(H,24,25). The van der Waals surface area contributed by atoms with Gasteiger partial charge in [0.1, 0.15) is 0 Å².